The summed E-state index contributed by atoms with van der Waals surface area (Å²) in [5.41, 5.74) is 2.60. The van der Waals surface area contributed by atoms with Gasteiger partial charge in [0.15, 0.2) is 0 Å². The molecule has 1 atom stereocenters. The molecule has 1 aromatic rings. The summed E-state index contributed by atoms with van der Waals surface area (Å²) in [4.78, 5) is 15.7. The second kappa shape index (κ2) is 6.75. The van der Waals surface area contributed by atoms with Gasteiger partial charge in [0.1, 0.15) is 0 Å². The fourth-order valence-corrected chi connectivity index (χ4v) is 2.61. The van der Waals surface area contributed by atoms with E-state index in [2.05, 4.69) is 43.4 Å². The lowest BCUT2D eigenvalue weighted by molar-refractivity contribution is 0.194. The van der Waals surface area contributed by atoms with Gasteiger partial charge in [0, 0.05) is 32.7 Å². The Morgan fingerprint density at radius 3 is 2.40 bits per heavy atom. The van der Waals surface area contributed by atoms with E-state index in [0.29, 0.717) is 0 Å². The van der Waals surface area contributed by atoms with Crippen LogP contribution in [0, 0.1) is 0 Å². The van der Waals surface area contributed by atoms with Crippen LogP contribution in [0.1, 0.15) is 31.0 Å². The van der Waals surface area contributed by atoms with Gasteiger partial charge in [-0.3, -0.25) is 0 Å². The first kappa shape index (κ1) is 14.9. The summed E-state index contributed by atoms with van der Waals surface area (Å²) < 4.78 is 0. The van der Waals surface area contributed by atoms with Crippen molar-refractivity contribution >= 4 is 6.03 Å². The van der Waals surface area contributed by atoms with Crippen LogP contribution >= 0.6 is 0 Å². The molecule has 0 radical (unpaired) electrons. The van der Waals surface area contributed by atoms with Crippen molar-refractivity contribution in [3.63, 3.8) is 0 Å². The zero-order valence-electron chi connectivity index (χ0n) is 12.7. The third-order valence-electron chi connectivity index (χ3n) is 3.95. The van der Waals surface area contributed by atoms with Crippen LogP contribution in [-0.4, -0.2) is 49.1 Å². The molecular weight excluding hydrogens is 250 g/mol. The number of nitrogens with zero attached hydrogens (tertiary/aromatic N) is 2. The average molecular weight is 275 g/mol. The molecule has 1 aliphatic heterocycles. The van der Waals surface area contributed by atoms with E-state index >= 15 is 0 Å². The maximum absolute atomic E-state index is 12.0. The standard InChI is InChI=1S/C16H25N3O/c1-4-13-6-8-14(9-7-13)15(17-5-2)12-19-11-10-18(3)16(19)20/h6-9,15,17H,4-5,10-12H2,1-3H3. The fraction of sp³-hybridized carbons (Fsp3) is 0.562. The highest BCUT2D eigenvalue weighted by atomic mass is 16.2. The Bertz CT molecular complexity index is 444. The van der Waals surface area contributed by atoms with Gasteiger partial charge in [0.2, 0.25) is 0 Å². The Balaban J connectivity index is 2.07. The molecule has 20 heavy (non-hydrogen) atoms. The Hall–Kier alpha value is -1.55. The van der Waals surface area contributed by atoms with Crippen molar-refractivity contribution in [2.75, 3.05) is 33.2 Å². The Labute approximate surface area is 121 Å². The zero-order valence-corrected chi connectivity index (χ0v) is 12.7. The number of rotatable bonds is 6. The normalized spacial score (nSPS) is 16.9. The molecule has 4 heteroatoms. The first-order valence-corrected chi connectivity index (χ1v) is 7.48. The Morgan fingerprint density at radius 1 is 1.20 bits per heavy atom. The minimum absolute atomic E-state index is 0.137. The Morgan fingerprint density at radius 2 is 1.90 bits per heavy atom. The van der Waals surface area contributed by atoms with E-state index in [-0.39, 0.29) is 12.1 Å². The first-order chi connectivity index (χ1) is 9.65. The second-order valence-electron chi connectivity index (χ2n) is 5.36. The van der Waals surface area contributed by atoms with E-state index in [1.165, 1.54) is 11.1 Å². The lowest BCUT2D eigenvalue weighted by Gasteiger charge is -2.24. The summed E-state index contributed by atoms with van der Waals surface area (Å²) in [6.07, 6.45) is 1.06. The molecule has 1 saturated heterocycles. The second-order valence-corrected chi connectivity index (χ2v) is 5.36. The molecule has 2 amide bonds. The molecule has 1 aromatic carbocycles. The maximum atomic E-state index is 12.0. The fourth-order valence-electron chi connectivity index (χ4n) is 2.61. The molecule has 0 aromatic heterocycles. The van der Waals surface area contributed by atoms with Crippen molar-refractivity contribution in [3.8, 4) is 0 Å². The number of hydrogen-bond acceptors (Lipinski definition) is 2. The number of urea groups is 1. The lowest BCUT2D eigenvalue weighted by atomic mass is 10.0. The van der Waals surface area contributed by atoms with Crippen molar-refractivity contribution < 1.29 is 4.79 Å². The first-order valence-electron chi connectivity index (χ1n) is 7.48. The van der Waals surface area contributed by atoms with E-state index in [9.17, 15) is 4.79 Å². The summed E-state index contributed by atoms with van der Waals surface area (Å²) >= 11 is 0. The molecule has 0 saturated carbocycles. The summed E-state index contributed by atoms with van der Waals surface area (Å²) in [6.45, 7) is 7.55. The third kappa shape index (κ3) is 3.31. The zero-order chi connectivity index (χ0) is 14.5. The smallest absolute Gasteiger partial charge is 0.319 e. The SMILES string of the molecule is CCNC(CN1CCN(C)C1=O)c1ccc(CC)cc1. The van der Waals surface area contributed by atoms with Crippen LogP contribution in [-0.2, 0) is 6.42 Å². The largest absolute Gasteiger partial charge is 0.326 e. The van der Waals surface area contributed by atoms with E-state index < -0.39 is 0 Å². The van der Waals surface area contributed by atoms with Crippen LogP contribution in [0.25, 0.3) is 0 Å². The van der Waals surface area contributed by atoms with Crippen molar-refractivity contribution in [1.29, 1.82) is 0 Å². The number of nitrogens with one attached hydrogen (secondary N) is 1. The number of amides is 2. The van der Waals surface area contributed by atoms with Gasteiger partial charge in [0.05, 0.1) is 0 Å². The molecule has 1 aliphatic rings. The van der Waals surface area contributed by atoms with Crippen molar-refractivity contribution in [3.05, 3.63) is 35.4 Å². The average Bonchev–Trinajstić information content (AvgIpc) is 2.79. The number of likely N-dealkylation sites (N-methyl/N-ethyl adjacent to an activating group) is 2. The monoisotopic (exact) mass is 275 g/mol. The molecule has 1 unspecified atom stereocenters. The minimum atomic E-state index is 0.137. The molecule has 1 fully saturated rings. The molecule has 0 spiro atoms. The minimum Gasteiger partial charge on any atom is -0.326 e. The predicted molar refractivity (Wildman–Crippen MR) is 81.8 cm³/mol. The summed E-state index contributed by atoms with van der Waals surface area (Å²) in [5, 5.41) is 3.49. The number of aryl methyl sites for hydroxylation is 1. The van der Waals surface area contributed by atoms with Crippen LogP contribution in [0.5, 0.6) is 0 Å². The van der Waals surface area contributed by atoms with Crippen LogP contribution < -0.4 is 5.32 Å². The molecule has 2 rings (SSSR count). The highest BCUT2D eigenvalue weighted by Gasteiger charge is 2.27. The topological polar surface area (TPSA) is 35.6 Å². The summed E-state index contributed by atoms with van der Waals surface area (Å²) in [7, 11) is 1.86. The van der Waals surface area contributed by atoms with Crippen LogP contribution in [0.2, 0.25) is 0 Å². The highest BCUT2D eigenvalue weighted by Crippen LogP contribution is 2.18. The number of hydrogen-bond donors (Lipinski definition) is 1. The van der Waals surface area contributed by atoms with Crippen molar-refractivity contribution in [2.45, 2.75) is 26.3 Å². The van der Waals surface area contributed by atoms with Gasteiger partial charge in [-0.2, -0.15) is 0 Å². The van der Waals surface area contributed by atoms with Crippen molar-refractivity contribution in [2.24, 2.45) is 0 Å². The molecule has 1 N–H and O–H groups in total. The van der Waals surface area contributed by atoms with Gasteiger partial charge >= 0.3 is 6.03 Å². The molecular formula is C16H25N3O. The van der Waals surface area contributed by atoms with E-state index in [1.54, 1.807) is 4.90 Å². The van der Waals surface area contributed by atoms with Crippen LogP contribution in [0.4, 0.5) is 4.79 Å². The molecule has 0 bridgehead atoms. The number of benzene rings is 1. The van der Waals surface area contributed by atoms with Gasteiger partial charge in [-0.25, -0.2) is 4.79 Å². The number of carbonyl (C=O) groups excluding carboxylic acids is 1. The van der Waals surface area contributed by atoms with E-state index in [0.717, 1.165) is 32.6 Å². The third-order valence-corrected chi connectivity index (χ3v) is 3.95. The van der Waals surface area contributed by atoms with Gasteiger partial charge in [-0.05, 0) is 24.1 Å². The molecule has 0 aliphatic carbocycles. The number of carbonyl (C=O) groups is 1. The highest BCUT2D eigenvalue weighted by molar-refractivity contribution is 5.76. The summed E-state index contributed by atoms with van der Waals surface area (Å²) in [5.74, 6) is 0. The Kier molecular flexibility index (Phi) is 5.01. The molecule has 4 nitrogen and oxygen atoms in total. The summed E-state index contributed by atoms with van der Waals surface area (Å²) in [6, 6.07) is 9.06. The lowest BCUT2D eigenvalue weighted by Crippen LogP contribution is -2.37. The van der Waals surface area contributed by atoms with Gasteiger partial charge in [0.25, 0.3) is 0 Å². The van der Waals surface area contributed by atoms with Gasteiger partial charge in [-0.15, -0.1) is 0 Å². The quantitative estimate of drug-likeness (QED) is 0.864. The molecule has 110 valence electrons. The maximum Gasteiger partial charge on any atom is 0.319 e. The van der Waals surface area contributed by atoms with E-state index in [4.69, 9.17) is 0 Å². The van der Waals surface area contributed by atoms with Gasteiger partial charge < -0.3 is 15.1 Å². The van der Waals surface area contributed by atoms with Crippen molar-refractivity contribution in [1.82, 2.24) is 15.1 Å². The molecule has 1 heterocycles. The van der Waals surface area contributed by atoms with Crippen LogP contribution in [0.3, 0.4) is 0 Å². The van der Waals surface area contributed by atoms with Crippen LogP contribution in [0.15, 0.2) is 24.3 Å². The van der Waals surface area contributed by atoms with E-state index in [1.807, 2.05) is 11.9 Å². The van der Waals surface area contributed by atoms with Gasteiger partial charge in [-0.1, -0.05) is 38.1 Å². The predicted octanol–water partition coefficient (Wildman–Crippen LogP) is 2.27.